The molecule has 4 heteroatoms. The van der Waals surface area contributed by atoms with Gasteiger partial charge in [0.2, 0.25) is 0 Å². The highest BCUT2D eigenvalue weighted by atomic mass is 15.4. The number of hydrogen-bond donors (Lipinski definition) is 2. The van der Waals surface area contributed by atoms with Crippen LogP contribution in [-0.2, 0) is 0 Å². The van der Waals surface area contributed by atoms with E-state index in [0.29, 0.717) is 6.04 Å². The van der Waals surface area contributed by atoms with Crippen LogP contribution in [0.2, 0.25) is 0 Å². The molecule has 0 aromatic heterocycles. The summed E-state index contributed by atoms with van der Waals surface area (Å²) in [4.78, 5) is 7.12. The van der Waals surface area contributed by atoms with Crippen LogP contribution >= 0.6 is 0 Å². The summed E-state index contributed by atoms with van der Waals surface area (Å²) in [7, 11) is 0. The molecule has 0 aromatic rings. The molecule has 102 valence electrons. The predicted octanol–water partition coefficient (Wildman–Crippen LogP) is 1.46. The van der Waals surface area contributed by atoms with Gasteiger partial charge in [0.05, 0.1) is 12.1 Å². The van der Waals surface area contributed by atoms with Crippen LogP contribution in [0.3, 0.4) is 0 Å². The minimum absolute atomic E-state index is 0.254. The van der Waals surface area contributed by atoms with Crippen molar-refractivity contribution in [3.63, 3.8) is 0 Å². The summed E-state index contributed by atoms with van der Waals surface area (Å²) in [5.41, 5.74) is 6.48. The summed E-state index contributed by atoms with van der Waals surface area (Å²) in [6, 6.07) is 0.650. The second kappa shape index (κ2) is 5.08. The number of aliphatic imine (C=N–C) groups is 1. The largest absolute Gasteiger partial charge is 0.370 e. The molecule has 3 rings (SSSR count). The summed E-state index contributed by atoms with van der Waals surface area (Å²) >= 11 is 0. The summed E-state index contributed by atoms with van der Waals surface area (Å²) in [6.45, 7) is 3.16. The van der Waals surface area contributed by atoms with Crippen molar-refractivity contribution in [3.8, 4) is 0 Å². The quantitative estimate of drug-likeness (QED) is 0.693. The van der Waals surface area contributed by atoms with E-state index < -0.39 is 0 Å². The molecule has 18 heavy (non-hydrogen) atoms. The lowest BCUT2D eigenvalue weighted by Gasteiger charge is -2.46. The zero-order valence-corrected chi connectivity index (χ0v) is 11.3. The Morgan fingerprint density at radius 3 is 2.44 bits per heavy atom. The van der Waals surface area contributed by atoms with Crippen LogP contribution < -0.4 is 11.1 Å². The molecule has 0 amide bonds. The average molecular weight is 250 g/mol. The topological polar surface area (TPSA) is 53.6 Å². The van der Waals surface area contributed by atoms with Gasteiger partial charge in [0.15, 0.2) is 5.96 Å². The van der Waals surface area contributed by atoms with E-state index in [4.69, 9.17) is 5.73 Å². The minimum atomic E-state index is 0.254. The lowest BCUT2D eigenvalue weighted by atomic mass is 9.85. The molecule has 0 unspecified atom stereocenters. The van der Waals surface area contributed by atoms with Crippen LogP contribution in [0.4, 0.5) is 0 Å². The van der Waals surface area contributed by atoms with Crippen LogP contribution in [-0.4, -0.2) is 42.1 Å². The fourth-order valence-corrected chi connectivity index (χ4v) is 4.01. The molecule has 1 saturated carbocycles. The number of nitrogens with one attached hydrogen (secondary N) is 1. The third-order valence-electron chi connectivity index (χ3n) is 5.02. The zero-order chi connectivity index (χ0) is 12.4. The van der Waals surface area contributed by atoms with E-state index in [0.717, 1.165) is 25.6 Å². The van der Waals surface area contributed by atoms with Crippen molar-refractivity contribution in [2.45, 2.75) is 62.9 Å². The van der Waals surface area contributed by atoms with Crippen molar-refractivity contribution >= 4 is 5.96 Å². The monoisotopic (exact) mass is 250 g/mol. The molecular formula is C14H26N4. The molecule has 1 saturated heterocycles. The molecule has 0 atom stereocenters. The molecule has 0 bridgehead atoms. The highest BCUT2D eigenvalue weighted by molar-refractivity contribution is 5.81. The molecule has 2 aliphatic heterocycles. The third kappa shape index (κ3) is 2.11. The SMILES string of the molecule is NC1=NCC2(CCNCC2)N1C1CCCCCC1. The van der Waals surface area contributed by atoms with Crippen molar-refractivity contribution in [1.82, 2.24) is 10.2 Å². The number of nitrogens with zero attached hydrogens (tertiary/aromatic N) is 2. The van der Waals surface area contributed by atoms with E-state index in [1.807, 2.05) is 0 Å². The van der Waals surface area contributed by atoms with Crippen molar-refractivity contribution in [2.75, 3.05) is 19.6 Å². The standard InChI is InChI=1S/C14H26N4/c15-13-17-11-14(7-9-16-10-8-14)18(13)12-5-3-1-2-4-6-12/h12,16H,1-11H2,(H2,15,17). The maximum atomic E-state index is 6.22. The number of piperidine rings is 1. The first-order chi connectivity index (χ1) is 8.82. The molecule has 4 nitrogen and oxygen atoms in total. The molecule has 0 radical (unpaired) electrons. The van der Waals surface area contributed by atoms with Crippen molar-refractivity contribution in [2.24, 2.45) is 10.7 Å². The molecule has 2 fully saturated rings. The Balaban J connectivity index is 1.79. The van der Waals surface area contributed by atoms with Crippen molar-refractivity contribution < 1.29 is 0 Å². The Hall–Kier alpha value is -0.770. The van der Waals surface area contributed by atoms with E-state index in [-0.39, 0.29) is 5.54 Å². The van der Waals surface area contributed by atoms with Crippen LogP contribution in [0.25, 0.3) is 0 Å². The highest BCUT2D eigenvalue weighted by Crippen LogP contribution is 2.36. The van der Waals surface area contributed by atoms with Gasteiger partial charge in [0.1, 0.15) is 0 Å². The number of rotatable bonds is 1. The number of guanidine groups is 1. The van der Waals surface area contributed by atoms with Gasteiger partial charge in [-0.3, -0.25) is 4.99 Å². The summed E-state index contributed by atoms with van der Waals surface area (Å²) < 4.78 is 0. The van der Waals surface area contributed by atoms with E-state index in [9.17, 15) is 0 Å². The average Bonchev–Trinajstić information content (AvgIpc) is 2.61. The Morgan fingerprint density at radius 1 is 1.11 bits per heavy atom. The normalized spacial score (nSPS) is 29.3. The Morgan fingerprint density at radius 2 is 1.78 bits per heavy atom. The van der Waals surface area contributed by atoms with E-state index >= 15 is 0 Å². The van der Waals surface area contributed by atoms with Gasteiger partial charge in [-0.2, -0.15) is 0 Å². The van der Waals surface area contributed by atoms with Gasteiger partial charge in [0, 0.05) is 6.04 Å². The first-order valence-electron chi connectivity index (χ1n) is 7.62. The van der Waals surface area contributed by atoms with Crippen LogP contribution in [0.5, 0.6) is 0 Å². The maximum Gasteiger partial charge on any atom is 0.192 e. The van der Waals surface area contributed by atoms with E-state index in [2.05, 4.69) is 15.2 Å². The fourth-order valence-electron chi connectivity index (χ4n) is 4.01. The summed E-state index contributed by atoms with van der Waals surface area (Å²) in [6.07, 6.45) is 10.6. The lowest BCUT2D eigenvalue weighted by Crippen LogP contribution is -2.59. The van der Waals surface area contributed by atoms with Crippen LogP contribution in [0.15, 0.2) is 4.99 Å². The van der Waals surface area contributed by atoms with Crippen LogP contribution in [0, 0.1) is 0 Å². The van der Waals surface area contributed by atoms with Crippen molar-refractivity contribution in [1.29, 1.82) is 0 Å². The number of nitrogens with two attached hydrogens (primary N) is 1. The number of hydrogen-bond acceptors (Lipinski definition) is 4. The Labute approximate surface area is 110 Å². The first-order valence-corrected chi connectivity index (χ1v) is 7.62. The third-order valence-corrected chi connectivity index (χ3v) is 5.02. The highest BCUT2D eigenvalue weighted by Gasteiger charge is 2.45. The Kier molecular flexibility index (Phi) is 3.46. The molecule has 2 heterocycles. The second-order valence-corrected chi connectivity index (χ2v) is 6.16. The van der Waals surface area contributed by atoms with Crippen molar-refractivity contribution in [3.05, 3.63) is 0 Å². The molecule has 1 aliphatic carbocycles. The maximum absolute atomic E-state index is 6.22. The van der Waals surface area contributed by atoms with Gasteiger partial charge in [-0.15, -0.1) is 0 Å². The molecule has 1 spiro atoms. The van der Waals surface area contributed by atoms with Gasteiger partial charge in [-0.05, 0) is 38.8 Å². The van der Waals surface area contributed by atoms with E-state index in [1.165, 1.54) is 51.4 Å². The predicted molar refractivity (Wildman–Crippen MR) is 74.7 cm³/mol. The first kappa shape index (κ1) is 12.3. The lowest BCUT2D eigenvalue weighted by molar-refractivity contribution is 0.102. The van der Waals surface area contributed by atoms with Gasteiger partial charge < -0.3 is 16.0 Å². The van der Waals surface area contributed by atoms with Gasteiger partial charge in [0.25, 0.3) is 0 Å². The molecular weight excluding hydrogens is 224 g/mol. The second-order valence-electron chi connectivity index (χ2n) is 6.16. The van der Waals surface area contributed by atoms with Crippen LogP contribution in [0.1, 0.15) is 51.4 Å². The summed E-state index contributed by atoms with van der Waals surface area (Å²) in [5, 5.41) is 3.47. The smallest absolute Gasteiger partial charge is 0.192 e. The van der Waals surface area contributed by atoms with E-state index in [1.54, 1.807) is 0 Å². The van der Waals surface area contributed by atoms with Gasteiger partial charge in [-0.1, -0.05) is 25.7 Å². The molecule has 0 aromatic carbocycles. The van der Waals surface area contributed by atoms with Gasteiger partial charge in [-0.25, -0.2) is 0 Å². The minimum Gasteiger partial charge on any atom is -0.370 e. The Bertz CT molecular complexity index is 312. The molecule has 3 N–H and O–H groups in total. The zero-order valence-electron chi connectivity index (χ0n) is 11.3. The summed E-state index contributed by atoms with van der Waals surface area (Å²) in [5.74, 6) is 0.823. The van der Waals surface area contributed by atoms with Gasteiger partial charge >= 0.3 is 0 Å². The molecule has 3 aliphatic rings. The fraction of sp³-hybridized carbons (Fsp3) is 0.929.